The Kier molecular flexibility index (Phi) is 5.16. The number of nitrogens with one attached hydrogen (secondary N) is 1. The topological polar surface area (TPSA) is 70.5 Å². The third-order valence-corrected chi connectivity index (χ3v) is 5.82. The quantitative estimate of drug-likeness (QED) is 0.695. The van der Waals surface area contributed by atoms with Crippen LogP contribution in [0.15, 0.2) is 66.7 Å². The molecule has 0 atom stereocenters. The van der Waals surface area contributed by atoms with E-state index in [1.807, 2.05) is 53.4 Å². The molecule has 1 N–H and O–H groups in total. The number of hydrogen-bond acceptors (Lipinski definition) is 4. The van der Waals surface area contributed by atoms with Gasteiger partial charge in [-0.1, -0.05) is 36.4 Å². The highest BCUT2D eigenvalue weighted by Gasteiger charge is 2.31. The summed E-state index contributed by atoms with van der Waals surface area (Å²) in [6.45, 7) is 2.83. The third-order valence-electron chi connectivity index (χ3n) is 5.82. The normalized spacial score (nSPS) is 16.3. The van der Waals surface area contributed by atoms with Crippen LogP contribution in [0.3, 0.4) is 0 Å². The van der Waals surface area contributed by atoms with E-state index in [1.165, 1.54) is 5.69 Å². The lowest BCUT2D eigenvalue weighted by Gasteiger charge is -2.35. The smallest absolute Gasteiger partial charge is 0.274 e. The van der Waals surface area contributed by atoms with E-state index < -0.39 is 0 Å². The number of aromatic nitrogens is 2. The van der Waals surface area contributed by atoms with Crippen molar-refractivity contribution in [3.05, 3.63) is 72.4 Å². The van der Waals surface area contributed by atoms with E-state index in [9.17, 15) is 9.59 Å². The molecule has 2 heterocycles. The number of nitrogens with zero attached hydrogens (tertiary/aromatic N) is 4. The first kappa shape index (κ1) is 19.4. The summed E-state index contributed by atoms with van der Waals surface area (Å²) in [5.41, 5.74) is 2.33. The number of amides is 2. The number of piperazine rings is 1. The van der Waals surface area contributed by atoms with Gasteiger partial charge in [-0.2, -0.15) is 5.10 Å². The Hall–Kier alpha value is -3.61. The maximum absolute atomic E-state index is 13.2. The number of para-hydroxylation sites is 2. The zero-order valence-corrected chi connectivity index (χ0v) is 17.3. The van der Waals surface area contributed by atoms with Gasteiger partial charge in [0.2, 0.25) is 5.91 Å². The molecule has 0 radical (unpaired) electrons. The molecule has 31 heavy (non-hydrogen) atoms. The summed E-state index contributed by atoms with van der Waals surface area (Å²) in [4.78, 5) is 29.7. The van der Waals surface area contributed by atoms with E-state index >= 15 is 0 Å². The SMILES string of the molecule is O=C(Nc1cc(C(=O)N2CCN(c3ccccc3)CC2)nn1-c1ccccc1)C1CC1. The Balaban J connectivity index is 1.34. The van der Waals surface area contributed by atoms with Gasteiger partial charge in [0.1, 0.15) is 5.82 Å². The molecule has 3 aromatic rings. The number of carbonyl (C=O) groups is 2. The van der Waals surface area contributed by atoms with Crippen molar-refractivity contribution in [3.8, 4) is 5.69 Å². The Morgan fingerprint density at radius 1 is 0.839 bits per heavy atom. The second kappa shape index (κ2) is 8.26. The third kappa shape index (κ3) is 4.17. The molecule has 158 valence electrons. The van der Waals surface area contributed by atoms with Crippen molar-refractivity contribution in [2.24, 2.45) is 5.92 Å². The Bertz CT molecular complexity index is 1070. The van der Waals surface area contributed by atoms with Gasteiger partial charge in [-0.25, -0.2) is 4.68 Å². The second-order valence-electron chi connectivity index (χ2n) is 8.04. The van der Waals surface area contributed by atoms with Gasteiger partial charge in [0, 0.05) is 43.9 Å². The standard InChI is InChI=1S/C24H25N5O2/c30-23(18-11-12-18)25-22-17-21(26-29(22)20-9-5-2-6-10-20)24(31)28-15-13-27(14-16-28)19-7-3-1-4-8-19/h1-10,17-18H,11-16H2,(H,25,30). The van der Waals surface area contributed by atoms with Crippen LogP contribution in [0.1, 0.15) is 23.3 Å². The molecule has 2 aliphatic rings. The van der Waals surface area contributed by atoms with Gasteiger partial charge in [-0.15, -0.1) is 0 Å². The van der Waals surface area contributed by atoms with E-state index in [1.54, 1.807) is 10.7 Å². The summed E-state index contributed by atoms with van der Waals surface area (Å²) in [6.07, 6.45) is 1.84. The number of anilines is 2. The van der Waals surface area contributed by atoms with E-state index in [0.29, 0.717) is 24.6 Å². The van der Waals surface area contributed by atoms with Crippen LogP contribution in [0.4, 0.5) is 11.5 Å². The van der Waals surface area contributed by atoms with Crippen molar-refractivity contribution >= 4 is 23.3 Å². The van der Waals surface area contributed by atoms with Gasteiger partial charge < -0.3 is 15.1 Å². The van der Waals surface area contributed by atoms with Crippen LogP contribution in [0.5, 0.6) is 0 Å². The molecule has 0 spiro atoms. The van der Waals surface area contributed by atoms with Crippen LogP contribution in [0.2, 0.25) is 0 Å². The van der Waals surface area contributed by atoms with Crippen LogP contribution >= 0.6 is 0 Å². The summed E-state index contributed by atoms with van der Waals surface area (Å²) < 4.78 is 1.65. The molecule has 5 rings (SSSR count). The van der Waals surface area contributed by atoms with Crippen molar-refractivity contribution in [1.82, 2.24) is 14.7 Å². The van der Waals surface area contributed by atoms with Crippen LogP contribution in [-0.2, 0) is 4.79 Å². The largest absolute Gasteiger partial charge is 0.368 e. The molecular weight excluding hydrogens is 390 g/mol. The van der Waals surface area contributed by atoms with E-state index in [-0.39, 0.29) is 17.7 Å². The number of rotatable bonds is 5. The molecule has 2 aromatic carbocycles. The summed E-state index contributed by atoms with van der Waals surface area (Å²) in [7, 11) is 0. The highest BCUT2D eigenvalue weighted by molar-refractivity contribution is 5.97. The fraction of sp³-hybridized carbons (Fsp3) is 0.292. The molecule has 1 saturated heterocycles. The van der Waals surface area contributed by atoms with Crippen LogP contribution in [0.25, 0.3) is 5.69 Å². The fourth-order valence-electron chi connectivity index (χ4n) is 3.88. The molecule has 7 heteroatoms. The van der Waals surface area contributed by atoms with E-state index in [0.717, 1.165) is 31.6 Å². The minimum absolute atomic E-state index is 0.00689. The molecule has 0 bridgehead atoms. The summed E-state index contributed by atoms with van der Waals surface area (Å²) >= 11 is 0. The molecule has 1 aromatic heterocycles. The van der Waals surface area contributed by atoms with Crippen LogP contribution in [-0.4, -0.2) is 52.7 Å². The maximum Gasteiger partial charge on any atom is 0.274 e. The molecule has 1 saturated carbocycles. The van der Waals surface area contributed by atoms with Crippen LogP contribution < -0.4 is 10.2 Å². The molecule has 7 nitrogen and oxygen atoms in total. The molecular formula is C24H25N5O2. The van der Waals surface area contributed by atoms with Crippen molar-refractivity contribution in [3.63, 3.8) is 0 Å². The summed E-state index contributed by atoms with van der Waals surface area (Å²) in [6, 6.07) is 21.5. The Morgan fingerprint density at radius 2 is 1.45 bits per heavy atom. The predicted molar refractivity (Wildman–Crippen MR) is 119 cm³/mol. The molecule has 2 fully saturated rings. The minimum Gasteiger partial charge on any atom is -0.368 e. The average Bonchev–Trinajstić information content (AvgIpc) is 3.60. The maximum atomic E-state index is 13.2. The van der Waals surface area contributed by atoms with Gasteiger partial charge in [0.25, 0.3) is 5.91 Å². The van der Waals surface area contributed by atoms with Gasteiger partial charge in [0.05, 0.1) is 5.69 Å². The number of carbonyl (C=O) groups excluding carboxylic acids is 2. The highest BCUT2D eigenvalue weighted by Crippen LogP contribution is 2.31. The minimum atomic E-state index is -0.107. The van der Waals surface area contributed by atoms with Crippen molar-refractivity contribution in [2.75, 3.05) is 36.4 Å². The lowest BCUT2D eigenvalue weighted by atomic mass is 10.2. The van der Waals surface area contributed by atoms with Crippen molar-refractivity contribution in [2.45, 2.75) is 12.8 Å². The van der Waals surface area contributed by atoms with E-state index in [4.69, 9.17) is 0 Å². The highest BCUT2D eigenvalue weighted by atomic mass is 16.2. The van der Waals surface area contributed by atoms with Crippen molar-refractivity contribution < 1.29 is 9.59 Å². The zero-order chi connectivity index (χ0) is 21.2. The molecule has 0 unspecified atom stereocenters. The summed E-state index contributed by atoms with van der Waals surface area (Å²) in [5.74, 6) is 0.496. The zero-order valence-electron chi connectivity index (χ0n) is 17.3. The predicted octanol–water partition coefficient (Wildman–Crippen LogP) is 3.18. The first-order chi connectivity index (χ1) is 15.2. The van der Waals surface area contributed by atoms with Gasteiger partial charge in [0.15, 0.2) is 5.69 Å². The molecule has 1 aliphatic carbocycles. The molecule has 2 amide bonds. The summed E-state index contributed by atoms with van der Waals surface area (Å²) in [5, 5.41) is 7.52. The van der Waals surface area contributed by atoms with Gasteiger partial charge in [-0.3, -0.25) is 9.59 Å². The fourth-order valence-corrected chi connectivity index (χ4v) is 3.88. The van der Waals surface area contributed by atoms with E-state index in [2.05, 4.69) is 27.4 Å². The first-order valence-corrected chi connectivity index (χ1v) is 10.7. The lowest BCUT2D eigenvalue weighted by molar-refractivity contribution is -0.117. The Labute approximate surface area is 181 Å². The monoisotopic (exact) mass is 415 g/mol. The van der Waals surface area contributed by atoms with Crippen molar-refractivity contribution in [1.29, 1.82) is 0 Å². The van der Waals surface area contributed by atoms with Crippen LogP contribution in [0, 0.1) is 5.92 Å². The molecule has 1 aliphatic heterocycles. The first-order valence-electron chi connectivity index (χ1n) is 10.7. The average molecular weight is 415 g/mol. The lowest BCUT2D eigenvalue weighted by Crippen LogP contribution is -2.48. The second-order valence-corrected chi connectivity index (χ2v) is 8.04. The number of hydrogen-bond donors (Lipinski definition) is 1. The van der Waals surface area contributed by atoms with Gasteiger partial charge in [-0.05, 0) is 37.1 Å². The number of benzene rings is 2. The Morgan fingerprint density at radius 3 is 2.06 bits per heavy atom. The van der Waals surface area contributed by atoms with Gasteiger partial charge >= 0.3 is 0 Å².